The molecule has 19 heavy (non-hydrogen) atoms. The Morgan fingerprint density at radius 1 is 1.53 bits per heavy atom. The molecule has 1 atom stereocenters. The number of rotatable bonds is 4. The molecule has 0 saturated carbocycles. The molecule has 1 aromatic carbocycles. The van der Waals surface area contributed by atoms with E-state index < -0.39 is 0 Å². The van der Waals surface area contributed by atoms with Gasteiger partial charge in [-0.1, -0.05) is 6.07 Å². The van der Waals surface area contributed by atoms with Gasteiger partial charge in [-0.15, -0.1) is 0 Å². The second-order valence-corrected chi connectivity index (χ2v) is 5.22. The molecular formula is C14H20N2O3. The Labute approximate surface area is 113 Å². The molecule has 1 aliphatic rings. The van der Waals surface area contributed by atoms with E-state index in [4.69, 9.17) is 5.11 Å². The fourth-order valence-electron chi connectivity index (χ4n) is 2.75. The van der Waals surface area contributed by atoms with E-state index in [1.807, 2.05) is 19.1 Å². The first-order chi connectivity index (χ1) is 9.11. The third kappa shape index (κ3) is 3.23. The number of aliphatic hydroxyl groups is 1. The predicted octanol–water partition coefficient (Wildman–Crippen LogP) is 2.50. The summed E-state index contributed by atoms with van der Waals surface area (Å²) < 4.78 is 0. The molecule has 1 heterocycles. The zero-order valence-corrected chi connectivity index (χ0v) is 11.2. The molecule has 1 aromatic rings. The van der Waals surface area contributed by atoms with Gasteiger partial charge in [0.2, 0.25) is 0 Å². The van der Waals surface area contributed by atoms with E-state index in [0.717, 1.165) is 37.9 Å². The maximum Gasteiger partial charge on any atom is 0.292 e. The first kappa shape index (κ1) is 13.8. The van der Waals surface area contributed by atoms with Crippen molar-refractivity contribution < 1.29 is 10.0 Å². The Bertz CT molecular complexity index is 460. The van der Waals surface area contributed by atoms with Gasteiger partial charge in [0.05, 0.1) is 4.92 Å². The molecule has 0 aliphatic carbocycles. The molecule has 1 fully saturated rings. The molecule has 5 heteroatoms. The zero-order chi connectivity index (χ0) is 13.8. The smallest absolute Gasteiger partial charge is 0.292 e. The van der Waals surface area contributed by atoms with E-state index in [9.17, 15) is 10.1 Å². The number of aliphatic hydroxyl groups excluding tert-OH is 1. The van der Waals surface area contributed by atoms with E-state index in [1.54, 1.807) is 6.07 Å². The van der Waals surface area contributed by atoms with E-state index in [-0.39, 0.29) is 17.2 Å². The first-order valence-electron chi connectivity index (χ1n) is 6.72. The van der Waals surface area contributed by atoms with E-state index in [2.05, 4.69) is 4.90 Å². The molecule has 1 aliphatic heterocycles. The molecule has 0 aromatic heterocycles. The molecule has 1 saturated heterocycles. The minimum Gasteiger partial charge on any atom is -0.396 e. The molecule has 104 valence electrons. The van der Waals surface area contributed by atoms with Gasteiger partial charge in [-0.25, -0.2) is 0 Å². The highest BCUT2D eigenvalue weighted by molar-refractivity contribution is 5.64. The number of nitro groups is 1. The van der Waals surface area contributed by atoms with E-state index in [1.165, 1.54) is 0 Å². The number of hydrogen-bond donors (Lipinski definition) is 1. The zero-order valence-electron chi connectivity index (χ0n) is 11.2. The van der Waals surface area contributed by atoms with Gasteiger partial charge in [-0.3, -0.25) is 10.1 Å². The van der Waals surface area contributed by atoms with Gasteiger partial charge in [0, 0.05) is 25.8 Å². The van der Waals surface area contributed by atoms with E-state index in [0.29, 0.717) is 11.6 Å². The lowest BCUT2D eigenvalue weighted by atomic mass is 9.94. The van der Waals surface area contributed by atoms with Crippen LogP contribution in [0.15, 0.2) is 18.2 Å². The number of nitro benzene ring substituents is 1. The van der Waals surface area contributed by atoms with Crippen molar-refractivity contribution >= 4 is 11.4 Å². The van der Waals surface area contributed by atoms with Crippen molar-refractivity contribution in [2.75, 3.05) is 24.6 Å². The largest absolute Gasteiger partial charge is 0.396 e. The lowest BCUT2D eigenvalue weighted by molar-refractivity contribution is -0.384. The third-order valence-corrected chi connectivity index (χ3v) is 3.72. The van der Waals surface area contributed by atoms with Gasteiger partial charge in [-0.05, 0) is 43.7 Å². The van der Waals surface area contributed by atoms with Crippen LogP contribution in [0, 0.1) is 23.0 Å². The summed E-state index contributed by atoms with van der Waals surface area (Å²) in [6, 6.07) is 5.39. The van der Waals surface area contributed by atoms with Crippen molar-refractivity contribution in [1.29, 1.82) is 0 Å². The summed E-state index contributed by atoms with van der Waals surface area (Å²) in [5, 5.41) is 20.2. The average Bonchev–Trinajstić information content (AvgIpc) is 2.39. The van der Waals surface area contributed by atoms with Crippen LogP contribution in [0.3, 0.4) is 0 Å². The summed E-state index contributed by atoms with van der Waals surface area (Å²) in [5.74, 6) is 0.430. The summed E-state index contributed by atoms with van der Waals surface area (Å²) >= 11 is 0. The molecule has 2 rings (SSSR count). The molecule has 0 bridgehead atoms. The van der Waals surface area contributed by atoms with Crippen LogP contribution in [-0.4, -0.2) is 29.7 Å². The van der Waals surface area contributed by atoms with Crippen molar-refractivity contribution in [3.8, 4) is 0 Å². The number of benzene rings is 1. The summed E-state index contributed by atoms with van der Waals surface area (Å²) in [4.78, 5) is 12.9. The minimum absolute atomic E-state index is 0.185. The minimum atomic E-state index is -0.308. The second kappa shape index (κ2) is 6.02. The van der Waals surface area contributed by atoms with Crippen LogP contribution in [0.1, 0.15) is 24.8 Å². The number of hydrogen-bond acceptors (Lipinski definition) is 4. The van der Waals surface area contributed by atoms with Crippen LogP contribution in [0.4, 0.5) is 11.4 Å². The summed E-state index contributed by atoms with van der Waals surface area (Å²) in [6.45, 7) is 3.70. The molecule has 0 spiro atoms. The van der Waals surface area contributed by atoms with Gasteiger partial charge in [-0.2, -0.15) is 0 Å². The highest BCUT2D eigenvalue weighted by atomic mass is 16.6. The van der Waals surface area contributed by atoms with Crippen LogP contribution in [-0.2, 0) is 0 Å². The lowest BCUT2D eigenvalue weighted by Gasteiger charge is -2.34. The van der Waals surface area contributed by atoms with Gasteiger partial charge >= 0.3 is 0 Å². The highest BCUT2D eigenvalue weighted by Crippen LogP contribution is 2.32. The second-order valence-electron chi connectivity index (χ2n) is 5.22. The lowest BCUT2D eigenvalue weighted by Crippen LogP contribution is -2.36. The average molecular weight is 264 g/mol. The fraction of sp³-hybridized carbons (Fsp3) is 0.571. The van der Waals surface area contributed by atoms with Crippen LogP contribution >= 0.6 is 0 Å². The van der Waals surface area contributed by atoms with Gasteiger partial charge in [0.1, 0.15) is 5.69 Å². The molecular weight excluding hydrogens is 244 g/mol. The third-order valence-electron chi connectivity index (χ3n) is 3.72. The first-order valence-corrected chi connectivity index (χ1v) is 6.72. The Kier molecular flexibility index (Phi) is 4.37. The SMILES string of the molecule is Cc1ccc(N2CCCC(CCO)C2)c([N+](=O)[O-])c1. The Hall–Kier alpha value is -1.62. The van der Waals surface area contributed by atoms with Crippen molar-refractivity contribution in [3.05, 3.63) is 33.9 Å². The predicted molar refractivity (Wildman–Crippen MR) is 74.5 cm³/mol. The van der Waals surface area contributed by atoms with Gasteiger partial charge < -0.3 is 10.0 Å². The number of anilines is 1. The topological polar surface area (TPSA) is 66.6 Å². The Morgan fingerprint density at radius 2 is 2.32 bits per heavy atom. The van der Waals surface area contributed by atoms with Crippen LogP contribution in [0.5, 0.6) is 0 Å². The Balaban J connectivity index is 2.23. The van der Waals surface area contributed by atoms with Crippen LogP contribution in [0.2, 0.25) is 0 Å². The highest BCUT2D eigenvalue weighted by Gasteiger charge is 2.25. The molecule has 0 amide bonds. The Morgan fingerprint density at radius 3 is 3.00 bits per heavy atom. The molecule has 5 nitrogen and oxygen atoms in total. The normalized spacial score (nSPS) is 19.5. The van der Waals surface area contributed by atoms with Crippen molar-refractivity contribution in [3.63, 3.8) is 0 Å². The summed E-state index contributed by atoms with van der Waals surface area (Å²) in [5.41, 5.74) is 1.79. The number of piperidine rings is 1. The number of nitrogens with zero attached hydrogens (tertiary/aromatic N) is 2. The molecule has 1 unspecified atom stereocenters. The van der Waals surface area contributed by atoms with Crippen molar-refractivity contribution in [1.82, 2.24) is 0 Å². The standard InChI is InChI=1S/C14H20N2O3/c1-11-4-5-13(14(9-11)16(18)19)15-7-2-3-12(10-15)6-8-17/h4-5,9,12,17H,2-3,6-8,10H2,1H3. The number of aryl methyl sites for hydroxylation is 1. The molecule has 0 radical (unpaired) electrons. The maximum atomic E-state index is 11.2. The quantitative estimate of drug-likeness (QED) is 0.670. The van der Waals surface area contributed by atoms with Gasteiger partial charge in [0.15, 0.2) is 0 Å². The van der Waals surface area contributed by atoms with Crippen molar-refractivity contribution in [2.24, 2.45) is 5.92 Å². The van der Waals surface area contributed by atoms with Crippen LogP contribution < -0.4 is 4.90 Å². The van der Waals surface area contributed by atoms with Crippen LogP contribution in [0.25, 0.3) is 0 Å². The fourth-order valence-corrected chi connectivity index (χ4v) is 2.75. The maximum absolute atomic E-state index is 11.2. The summed E-state index contributed by atoms with van der Waals surface area (Å²) in [6.07, 6.45) is 2.89. The van der Waals surface area contributed by atoms with E-state index >= 15 is 0 Å². The van der Waals surface area contributed by atoms with Crippen molar-refractivity contribution in [2.45, 2.75) is 26.2 Å². The molecule has 1 N–H and O–H groups in total. The van der Waals surface area contributed by atoms with Gasteiger partial charge in [0.25, 0.3) is 5.69 Å². The summed E-state index contributed by atoms with van der Waals surface area (Å²) in [7, 11) is 0. The monoisotopic (exact) mass is 264 g/mol.